The molecular formula is C13H13BrF2N2O. The van der Waals surface area contributed by atoms with Crippen LogP contribution in [0.4, 0.5) is 14.5 Å². The molecule has 1 aromatic carbocycles. The second kappa shape index (κ2) is 5.69. The van der Waals surface area contributed by atoms with Gasteiger partial charge in [0.15, 0.2) is 0 Å². The summed E-state index contributed by atoms with van der Waals surface area (Å²) in [5, 5.41) is 3.77. The lowest BCUT2D eigenvalue weighted by Gasteiger charge is -2.14. The number of pyridine rings is 1. The highest BCUT2D eigenvalue weighted by molar-refractivity contribution is 9.10. The van der Waals surface area contributed by atoms with Crippen LogP contribution in [-0.4, -0.2) is 18.6 Å². The van der Waals surface area contributed by atoms with Gasteiger partial charge in [0.2, 0.25) is 0 Å². The third kappa shape index (κ3) is 2.63. The number of nitrogens with zero attached hydrogens (tertiary/aromatic N) is 1. The van der Waals surface area contributed by atoms with Crippen molar-refractivity contribution in [2.45, 2.75) is 13.3 Å². The van der Waals surface area contributed by atoms with Crippen LogP contribution in [0.3, 0.4) is 0 Å². The molecule has 0 spiro atoms. The first-order valence-electron chi connectivity index (χ1n) is 5.77. The van der Waals surface area contributed by atoms with E-state index in [0.29, 0.717) is 33.4 Å². The molecule has 2 rings (SSSR count). The molecule has 0 unspecified atom stereocenters. The van der Waals surface area contributed by atoms with Crippen LogP contribution in [-0.2, 0) is 0 Å². The fourth-order valence-electron chi connectivity index (χ4n) is 1.91. The average Bonchev–Trinajstić information content (AvgIpc) is 2.39. The van der Waals surface area contributed by atoms with Crippen LogP contribution in [0.2, 0.25) is 0 Å². The minimum Gasteiger partial charge on any atom is -0.496 e. The number of rotatable bonds is 4. The lowest BCUT2D eigenvalue weighted by Crippen LogP contribution is -2.02. The second-order valence-electron chi connectivity index (χ2n) is 3.90. The summed E-state index contributed by atoms with van der Waals surface area (Å²) in [6, 6.07) is 4.88. The van der Waals surface area contributed by atoms with E-state index in [4.69, 9.17) is 4.74 Å². The van der Waals surface area contributed by atoms with Crippen molar-refractivity contribution in [1.29, 1.82) is 0 Å². The highest BCUT2D eigenvalue weighted by Crippen LogP contribution is 2.37. The van der Waals surface area contributed by atoms with E-state index in [2.05, 4.69) is 26.2 Å². The zero-order valence-corrected chi connectivity index (χ0v) is 12.1. The van der Waals surface area contributed by atoms with Crippen LogP contribution < -0.4 is 10.1 Å². The van der Waals surface area contributed by atoms with Gasteiger partial charge < -0.3 is 10.1 Å². The van der Waals surface area contributed by atoms with Crippen molar-refractivity contribution < 1.29 is 13.5 Å². The lowest BCUT2D eigenvalue weighted by molar-refractivity contribution is 0.146. The molecule has 0 fully saturated rings. The minimum absolute atomic E-state index is 0.252. The molecule has 0 bridgehead atoms. The van der Waals surface area contributed by atoms with Crippen molar-refractivity contribution in [3.8, 4) is 5.75 Å². The van der Waals surface area contributed by atoms with Gasteiger partial charge in [-0.25, -0.2) is 13.8 Å². The molecule has 0 saturated carbocycles. The number of methoxy groups -OCH3 is 1. The number of anilines is 1. The predicted molar refractivity (Wildman–Crippen MR) is 75.1 cm³/mol. The van der Waals surface area contributed by atoms with Crippen LogP contribution in [0.1, 0.15) is 19.0 Å². The fraction of sp³-hybridized carbons (Fsp3) is 0.308. The number of halogens is 3. The van der Waals surface area contributed by atoms with E-state index in [0.717, 1.165) is 0 Å². The molecular weight excluding hydrogens is 318 g/mol. The highest BCUT2D eigenvalue weighted by atomic mass is 79.9. The molecule has 0 radical (unpaired) electrons. The molecule has 0 atom stereocenters. The Bertz CT molecular complexity index is 605. The summed E-state index contributed by atoms with van der Waals surface area (Å²) in [6.45, 7) is 2.52. The van der Waals surface area contributed by atoms with E-state index < -0.39 is 6.43 Å². The smallest absolute Gasteiger partial charge is 0.280 e. The fourth-order valence-corrected chi connectivity index (χ4v) is 2.33. The number of nitrogens with one attached hydrogen (secondary N) is 1. The molecule has 1 aromatic heterocycles. The molecule has 102 valence electrons. The van der Waals surface area contributed by atoms with Gasteiger partial charge in [0.1, 0.15) is 11.4 Å². The topological polar surface area (TPSA) is 34.2 Å². The maximum Gasteiger partial charge on any atom is 0.280 e. The van der Waals surface area contributed by atoms with Crippen LogP contribution in [0.25, 0.3) is 10.9 Å². The molecule has 0 amide bonds. The Hall–Kier alpha value is -1.43. The van der Waals surface area contributed by atoms with Gasteiger partial charge in [-0.2, -0.15) is 0 Å². The third-order valence-electron chi connectivity index (χ3n) is 2.70. The van der Waals surface area contributed by atoms with Gasteiger partial charge in [-0.15, -0.1) is 0 Å². The van der Waals surface area contributed by atoms with E-state index in [1.165, 1.54) is 6.07 Å². The van der Waals surface area contributed by atoms with Crippen LogP contribution >= 0.6 is 15.9 Å². The summed E-state index contributed by atoms with van der Waals surface area (Å²) < 4.78 is 31.7. The normalized spacial score (nSPS) is 11.1. The second-order valence-corrected chi connectivity index (χ2v) is 4.75. The Kier molecular flexibility index (Phi) is 4.19. The zero-order chi connectivity index (χ0) is 14.0. The first-order valence-corrected chi connectivity index (χ1v) is 6.57. The van der Waals surface area contributed by atoms with Gasteiger partial charge in [-0.1, -0.05) is 0 Å². The number of aromatic nitrogens is 1. The predicted octanol–water partition coefficient (Wildman–Crippen LogP) is 4.38. The molecule has 3 nitrogen and oxygen atoms in total. The summed E-state index contributed by atoms with van der Waals surface area (Å²) >= 11 is 3.34. The molecule has 6 heteroatoms. The van der Waals surface area contributed by atoms with Crippen molar-refractivity contribution in [3.05, 3.63) is 28.4 Å². The monoisotopic (exact) mass is 330 g/mol. The third-order valence-corrected chi connectivity index (χ3v) is 3.34. The summed E-state index contributed by atoms with van der Waals surface area (Å²) in [5.41, 5.74) is 0.812. The van der Waals surface area contributed by atoms with E-state index in [1.807, 2.05) is 6.92 Å². The van der Waals surface area contributed by atoms with E-state index in [9.17, 15) is 8.78 Å². The van der Waals surface area contributed by atoms with E-state index >= 15 is 0 Å². The first kappa shape index (κ1) is 14.0. The largest absolute Gasteiger partial charge is 0.496 e. The standard InChI is InChI=1S/C13H13BrF2N2O/c1-3-17-8-6-9(13(15)16)18-12-7(14)4-5-10(19-2)11(8)12/h4-6,13H,3H2,1-2H3,(H,17,18). The zero-order valence-electron chi connectivity index (χ0n) is 10.5. The van der Waals surface area contributed by atoms with E-state index in [1.54, 1.807) is 19.2 Å². The minimum atomic E-state index is -2.61. The molecule has 1 heterocycles. The number of benzene rings is 1. The van der Waals surface area contributed by atoms with Crippen molar-refractivity contribution >= 4 is 32.5 Å². The highest BCUT2D eigenvalue weighted by Gasteiger charge is 2.17. The van der Waals surface area contributed by atoms with Crippen molar-refractivity contribution in [3.63, 3.8) is 0 Å². The number of ether oxygens (including phenoxy) is 1. The number of hydrogen-bond acceptors (Lipinski definition) is 3. The Morgan fingerprint density at radius 2 is 2.16 bits per heavy atom. The van der Waals surface area contributed by atoms with Gasteiger partial charge in [-0.05, 0) is 41.1 Å². The lowest BCUT2D eigenvalue weighted by atomic mass is 10.1. The Balaban J connectivity index is 2.81. The van der Waals surface area contributed by atoms with Crippen LogP contribution in [0.15, 0.2) is 22.7 Å². The molecule has 1 N–H and O–H groups in total. The molecule has 0 aliphatic carbocycles. The SMILES string of the molecule is CCNc1cc(C(F)F)nc2c(Br)ccc(OC)c12. The van der Waals surface area contributed by atoms with E-state index in [-0.39, 0.29) is 5.69 Å². The number of alkyl halides is 2. The molecule has 2 aromatic rings. The number of fused-ring (bicyclic) bond motifs is 1. The molecule has 0 aliphatic rings. The van der Waals surface area contributed by atoms with Gasteiger partial charge >= 0.3 is 0 Å². The van der Waals surface area contributed by atoms with Crippen LogP contribution in [0.5, 0.6) is 5.75 Å². The number of hydrogen-bond donors (Lipinski definition) is 1. The summed E-state index contributed by atoms with van der Waals surface area (Å²) in [4.78, 5) is 4.01. The van der Waals surface area contributed by atoms with Crippen LogP contribution in [0, 0.1) is 0 Å². The first-order chi connectivity index (χ1) is 9.08. The molecule has 0 saturated heterocycles. The Labute approximate surface area is 118 Å². The molecule has 19 heavy (non-hydrogen) atoms. The van der Waals surface area contributed by atoms with Gasteiger partial charge in [0.05, 0.1) is 18.0 Å². The summed E-state index contributed by atoms with van der Waals surface area (Å²) in [7, 11) is 1.54. The quantitative estimate of drug-likeness (QED) is 0.903. The van der Waals surface area contributed by atoms with Gasteiger partial charge in [-0.3, -0.25) is 0 Å². The summed E-state index contributed by atoms with van der Waals surface area (Å²) in [6.07, 6.45) is -2.61. The maximum absolute atomic E-state index is 12.9. The van der Waals surface area contributed by atoms with Crippen molar-refractivity contribution in [2.24, 2.45) is 0 Å². The molecule has 0 aliphatic heterocycles. The van der Waals surface area contributed by atoms with Gasteiger partial charge in [0.25, 0.3) is 6.43 Å². The summed E-state index contributed by atoms with van der Waals surface area (Å²) in [5.74, 6) is 0.600. The average molecular weight is 331 g/mol. The Morgan fingerprint density at radius 1 is 1.42 bits per heavy atom. The van der Waals surface area contributed by atoms with Gasteiger partial charge in [0, 0.05) is 16.7 Å². The maximum atomic E-state index is 12.9. The van der Waals surface area contributed by atoms with Crippen molar-refractivity contribution in [1.82, 2.24) is 4.98 Å². The van der Waals surface area contributed by atoms with Crippen molar-refractivity contribution in [2.75, 3.05) is 19.0 Å². The Morgan fingerprint density at radius 3 is 2.74 bits per heavy atom.